The van der Waals surface area contributed by atoms with Gasteiger partial charge in [-0.05, 0) is 61.0 Å². The van der Waals surface area contributed by atoms with Gasteiger partial charge in [0.25, 0.3) is 0 Å². The zero-order valence-corrected chi connectivity index (χ0v) is 23.4. The number of aromatic hydroxyl groups is 1. The van der Waals surface area contributed by atoms with Gasteiger partial charge in [-0.2, -0.15) is 5.10 Å². The number of phenols is 1. The van der Waals surface area contributed by atoms with Gasteiger partial charge < -0.3 is 29.1 Å². The number of halogens is 2. The first kappa shape index (κ1) is 28.0. The molecule has 2 amide bonds. The molecule has 0 saturated carbocycles. The monoisotopic (exact) mass is 584 g/mol. The van der Waals surface area contributed by atoms with Crippen molar-refractivity contribution >= 4 is 41.1 Å². The van der Waals surface area contributed by atoms with Gasteiger partial charge >= 0.3 is 6.03 Å². The standard InChI is InChI=1S/C29H30Cl2N4O5/c1-29(26-10-5-21(30)16-27(26)31)39-19-25(40-29)18-38-24-8-6-22(7-9-24)34-11-13-35(14-12-34)28(37)33-32-17-20-3-2-4-23(36)15-20/h2-10,15-17,25,36H,11-14,18-19H2,1H3,(H,33,37)/b32-17+/t25-,29+/m1/s1. The fourth-order valence-corrected chi connectivity index (χ4v) is 5.25. The van der Waals surface area contributed by atoms with E-state index in [9.17, 15) is 9.90 Å². The topological polar surface area (TPSA) is 95.9 Å². The number of ether oxygens (including phenoxy) is 3. The third-order valence-electron chi connectivity index (χ3n) is 6.81. The molecule has 2 fully saturated rings. The summed E-state index contributed by atoms with van der Waals surface area (Å²) in [6.07, 6.45) is 1.25. The van der Waals surface area contributed by atoms with Crippen molar-refractivity contribution in [1.29, 1.82) is 0 Å². The molecule has 11 heteroatoms. The number of piperazine rings is 1. The zero-order chi connectivity index (χ0) is 28.1. The van der Waals surface area contributed by atoms with E-state index in [2.05, 4.69) is 15.4 Å². The lowest BCUT2D eigenvalue weighted by Gasteiger charge is -2.35. The van der Waals surface area contributed by atoms with Crippen molar-refractivity contribution in [3.8, 4) is 11.5 Å². The molecule has 0 bridgehead atoms. The maximum atomic E-state index is 12.5. The number of hydrazone groups is 1. The number of amides is 2. The van der Waals surface area contributed by atoms with Crippen molar-refractivity contribution in [1.82, 2.24) is 10.3 Å². The molecule has 5 rings (SSSR count). The van der Waals surface area contributed by atoms with Crippen LogP contribution in [0.25, 0.3) is 0 Å². The minimum absolute atomic E-state index is 0.145. The molecule has 2 atom stereocenters. The van der Waals surface area contributed by atoms with Crippen molar-refractivity contribution in [2.45, 2.75) is 18.8 Å². The summed E-state index contributed by atoms with van der Waals surface area (Å²) in [7, 11) is 0. The van der Waals surface area contributed by atoms with Crippen LogP contribution < -0.4 is 15.1 Å². The number of carbonyl (C=O) groups excluding carboxylic acids is 1. The molecule has 2 saturated heterocycles. The third kappa shape index (κ3) is 6.79. The molecule has 0 aromatic heterocycles. The van der Waals surface area contributed by atoms with E-state index in [1.807, 2.05) is 37.3 Å². The summed E-state index contributed by atoms with van der Waals surface area (Å²) >= 11 is 12.4. The normalized spacial score (nSPS) is 21.1. The van der Waals surface area contributed by atoms with Crippen LogP contribution in [0, 0.1) is 0 Å². The Morgan fingerprint density at radius 2 is 1.90 bits per heavy atom. The average molecular weight is 585 g/mol. The van der Waals surface area contributed by atoms with Gasteiger partial charge in [0.2, 0.25) is 0 Å². The van der Waals surface area contributed by atoms with Crippen molar-refractivity contribution < 1.29 is 24.1 Å². The molecule has 9 nitrogen and oxygen atoms in total. The number of hydrogen-bond acceptors (Lipinski definition) is 7. The maximum absolute atomic E-state index is 12.5. The van der Waals surface area contributed by atoms with Gasteiger partial charge in [-0.15, -0.1) is 0 Å². The zero-order valence-electron chi connectivity index (χ0n) is 21.9. The lowest BCUT2D eigenvalue weighted by Crippen LogP contribution is -2.51. The largest absolute Gasteiger partial charge is 0.508 e. The second kappa shape index (κ2) is 12.3. The molecule has 0 spiro atoms. The summed E-state index contributed by atoms with van der Waals surface area (Å²) in [6, 6.07) is 19.5. The molecule has 2 N–H and O–H groups in total. The highest BCUT2D eigenvalue weighted by molar-refractivity contribution is 6.35. The van der Waals surface area contributed by atoms with Crippen LogP contribution in [0.4, 0.5) is 10.5 Å². The van der Waals surface area contributed by atoms with E-state index < -0.39 is 5.79 Å². The van der Waals surface area contributed by atoms with Crippen LogP contribution in [0.5, 0.6) is 11.5 Å². The van der Waals surface area contributed by atoms with E-state index in [1.54, 1.807) is 41.3 Å². The highest BCUT2D eigenvalue weighted by Crippen LogP contribution is 2.38. The average Bonchev–Trinajstić information content (AvgIpc) is 3.33. The first-order valence-corrected chi connectivity index (χ1v) is 13.7. The van der Waals surface area contributed by atoms with Crippen LogP contribution in [-0.4, -0.2) is 67.7 Å². The smallest absolute Gasteiger partial charge is 0.337 e. The van der Waals surface area contributed by atoms with E-state index in [4.69, 9.17) is 37.4 Å². The Balaban J connectivity index is 1.06. The summed E-state index contributed by atoms with van der Waals surface area (Å²) in [5.41, 5.74) is 5.03. The number of urea groups is 1. The maximum Gasteiger partial charge on any atom is 0.337 e. The molecule has 2 heterocycles. The lowest BCUT2D eigenvalue weighted by molar-refractivity contribution is -0.164. The van der Waals surface area contributed by atoms with Crippen LogP contribution in [0.1, 0.15) is 18.1 Å². The van der Waals surface area contributed by atoms with Crippen molar-refractivity contribution in [3.63, 3.8) is 0 Å². The van der Waals surface area contributed by atoms with Crippen LogP contribution >= 0.6 is 23.2 Å². The number of phenolic OH excluding ortho intramolecular Hbond substituents is 1. The van der Waals surface area contributed by atoms with Gasteiger partial charge in [-0.3, -0.25) is 0 Å². The molecule has 2 aliphatic heterocycles. The van der Waals surface area contributed by atoms with Gasteiger partial charge in [-0.25, -0.2) is 10.2 Å². The molecule has 3 aromatic carbocycles. The second-order valence-electron chi connectivity index (χ2n) is 9.67. The Morgan fingerprint density at radius 3 is 2.62 bits per heavy atom. The van der Waals surface area contributed by atoms with E-state index in [0.717, 1.165) is 17.0 Å². The quantitative estimate of drug-likeness (QED) is 0.291. The van der Waals surface area contributed by atoms with Crippen molar-refractivity contribution in [2.75, 3.05) is 44.3 Å². The van der Waals surface area contributed by atoms with Gasteiger partial charge in [0.05, 0.1) is 17.8 Å². The highest BCUT2D eigenvalue weighted by Gasteiger charge is 2.40. The molecule has 210 valence electrons. The first-order chi connectivity index (χ1) is 19.3. The first-order valence-electron chi connectivity index (χ1n) is 12.9. The number of benzene rings is 3. The SMILES string of the molecule is C[C@]1(c2ccc(Cl)cc2Cl)OC[C@@H](COc2ccc(N3CCN(C(=O)N/N=C/c4cccc(O)c4)CC3)cc2)O1. The second-order valence-corrected chi connectivity index (χ2v) is 10.5. The van der Waals surface area contributed by atoms with Crippen LogP contribution in [0.15, 0.2) is 71.8 Å². The Morgan fingerprint density at radius 1 is 1.12 bits per heavy atom. The Hall–Kier alpha value is -3.50. The number of carbonyl (C=O) groups is 1. The molecule has 3 aromatic rings. The summed E-state index contributed by atoms with van der Waals surface area (Å²) in [5, 5.41) is 14.5. The fraction of sp³-hybridized carbons (Fsp3) is 0.310. The number of hydrogen-bond donors (Lipinski definition) is 2. The van der Waals surface area contributed by atoms with E-state index in [0.29, 0.717) is 55.0 Å². The van der Waals surface area contributed by atoms with E-state index >= 15 is 0 Å². The summed E-state index contributed by atoms with van der Waals surface area (Å²) < 4.78 is 18.0. The Bertz CT molecular complexity index is 1360. The molecular weight excluding hydrogens is 555 g/mol. The van der Waals surface area contributed by atoms with Crippen molar-refractivity contribution in [2.24, 2.45) is 5.10 Å². The minimum atomic E-state index is -0.961. The summed E-state index contributed by atoms with van der Waals surface area (Å²) in [6.45, 7) is 5.09. The van der Waals surface area contributed by atoms with Crippen LogP contribution in [0.2, 0.25) is 10.0 Å². The lowest BCUT2D eigenvalue weighted by atomic mass is 10.1. The van der Waals surface area contributed by atoms with Crippen LogP contribution in [0.3, 0.4) is 0 Å². The van der Waals surface area contributed by atoms with Gasteiger partial charge in [0, 0.05) is 42.5 Å². The van der Waals surface area contributed by atoms with Crippen LogP contribution in [-0.2, 0) is 15.3 Å². The van der Waals surface area contributed by atoms with Gasteiger partial charge in [0.15, 0.2) is 5.79 Å². The predicted octanol–water partition coefficient (Wildman–Crippen LogP) is 5.23. The molecule has 0 radical (unpaired) electrons. The Kier molecular flexibility index (Phi) is 8.66. The third-order valence-corrected chi connectivity index (χ3v) is 7.35. The molecule has 40 heavy (non-hydrogen) atoms. The van der Waals surface area contributed by atoms with Gasteiger partial charge in [-0.1, -0.05) is 41.4 Å². The number of rotatable bonds is 7. The number of nitrogens with one attached hydrogen (secondary N) is 1. The molecular formula is C29H30Cl2N4O5. The number of nitrogens with zero attached hydrogens (tertiary/aromatic N) is 3. The Labute approximate surface area is 242 Å². The van der Waals surface area contributed by atoms with E-state index in [1.165, 1.54) is 6.21 Å². The highest BCUT2D eigenvalue weighted by atomic mass is 35.5. The minimum Gasteiger partial charge on any atom is -0.508 e. The predicted molar refractivity (Wildman–Crippen MR) is 155 cm³/mol. The van der Waals surface area contributed by atoms with Crippen molar-refractivity contribution in [3.05, 3.63) is 87.9 Å². The summed E-state index contributed by atoms with van der Waals surface area (Å²) in [4.78, 5) is 16.4. The summed E-state index contributed by atoms with van der Waals surface area (Å²) in [5.74, 6) is -0.0864. The van der Waals surface area contributed by atoms with Gasteiger partial charge in [0.1, 0.15) is 24.2 Å². The molecule has 0 aliphatic carbocycles. The molecule has 2 aliphatic rings. The van der Waals surface area contributed by atoms with E-state index in [-0.39, 0.29) is 17.9 Å². The molecule has 0 unspecified atom stereocenters. The number of anilines is 1. The fourth-order valence-electron chi connectivity index (χ4n) is 4.67.